The minimum Gasteiger partial charge on any atom is -0.454 e. The molecule has 1 saturated carbocycles. The van der Waals surface area contributed by atoms with Gasteiger partial charge < -0.3 is 9.47 Å². The van der Waals surface area contributed by atoms with Gasteiger partial charge in [0.1, 0.15) is 16.2 Å². The Kier molecular flexibility index (Phi) is 6.26. The predicted molar refractivity (Wildman–Crippen MR) is 124 cm³/mol. The molecule has 7 heteroatoms. The minimum absolute atomic E-state index is 0.0622. The van der Waals surface area contributed by atoms with Crippen molar-refractivity contribution in [2.45, 2.75) is 24.3 Å². The lowest BCUT2D eigenvalue weighted by atomic mass is 9.90. The molecular weight excluding hydrogens is 464 g/mol. The van der Waals surface area contributed by atoms with Gasteiger partial charge in [-0.2, -0.15) is 5.26 Å². The second-order valence-electron chi connectivity index (χ2n) is 8.82. The van der Waals surface area contributed by atoms with Crippen LogP contribution in [-0.2, 0) is 9.53 Å². The number of hydrogen-bond donors (Lipinski definition) is 0. The first-order valence-corrected chi connectivity index (χ1v) is 11.3. The second-order valence-corrected chi connectivity index (χ2v) is 10.3. The van der Waals surface area contributed by atoms with Gasteiger partial charge in [-0.05, 0) is 41.7 Å². The first-order valence-electron chi connectivity index (χ1n) is 10.5. The average molecular weight is 486 g/mol. The number of nitrogens with zero attached hydrogens (tertiary/aromatic N) is 1. The van der Waals surface area contributed by atoms with Gasteiger partial charge >= 0.3 is 5.97 Å². The Morgan fingerprint density at radius 1 is 1.15 bits per heavy atom. The van der Waals surface area contributed by atoms with Gasteiger partial charge in [0.2, 0.25) is 6.10 Å². The van der Waals surface area contributed by atoms with E-state index in [1.165, 1.54) is 18.2 Å². The number of halogens is 3. The SMILES string of the molecule is CC1(C)C(C(=O)OC(C#N)c2ccc(F)c(Oc3ccccc3)c2)C1C1C=CC=CC1(Cl)Cl. The number of para-hydroxylation sites is 1. The Labute approximate surface area is 202 Å². The van der Waals surface area contributed by atoms with Crippen molar-refractivity contribution in [3.8, 4) is 17.6 Å². The summed E-state index contributed by atoms with van der Waals surface area (Å²) in [5.41, 5.74) is -0.0887. The van der Waals surface area contributed by atoms with Crippen molar-refractivity contribution < 1.29 is 18.7 Å². The van der Waals surface area contributed by atoms with E-state index in [9.17, 15) is 14.4 Å². The quantitative estimate of drug-likeness (QED) is 0.329. The molecular formula is C26H22Cl2FNO3. The zero-order valence-electron chi connectivity index (χ0n) is 18.0. The van der Waals surface area contributed by atoms with Crippen LogP contribution in [0.15, 0.2) is 72.8 Å². The molecule has 2 aliphatic rings. The molecule has 4 nitrogen and oxygen atoms in total. The maximum absolute atomic E-state index is 14.3. The van der Waals surface area contributed by atoms with Crippen LogP contribution < -0.4 is 4.74 Å². The summed E-state index contributed by atoms with van der Waals surface area (Å²) in [7, 11) is 0. The van der Waals surface area contributed by atoms with Crippen molar-refractivity contribution in [3.05, 3.63) is 84.2 Å². The molecule has 0 aliphatic heterocycles. The molecule has 2 aromatic carbocycles. The summed E-state index contributed by atoms with van der Waals surface area (Å²) in [6.07, 6.45) is 6.01. The molecule has 0 spiro atoms. The Bertz CT molecular complexity index is 1150. The first kappa shape index (κ1) is 23.4. The lowest BCUT2D eigenvalue weighted by Gasteiger charge is -2.28. The maximum atomic E-state index is 14.3. The number of allylic oxidation sites excluding steroid dienone is 4. The lowest BCUT2D eigenvalue weighted by molar-refractivity contribution is -0.149. The number of rotatable bonds is 6. The van der Waals surface area contributed by atoms with Crippen molar-refractivity contribution in [2.24, 2.45) is 23.2 Å². The van der Waals surface area contributed by atoms with Crippen LogP contribution in [0.2, 0.25) is 0 Å². The highest BCUT2D eigenvalue weighted by atomic mass is 35.5. The van der Waals surface area contributed by atoms with Crippen LogP contribution in [0.5, 0.6) is 11.5 Å². The van der Waals surface area contributed by atoms with E-state index in [4.69, 9.17) is 32.7 Å². The minimum atomic E-state index is -1.22. The van der Waals surface area contributed by atoms with E-state index in [2.05, 4.69) is 0 Å². The largest absolute Gasteiger partial charge is 0.454 e. The highest BCUT2D eigenvalue weighted by Crippen LogP contribution is 2.66. The molecule has 0 saturated heterocycles. The fourth-order valence-corrected chi connectivity index (χ4v) is 5.06. The van der Waals surface area contributed by atoms with Crippen molar-refractivity contribution in [2.75, 3.05) is 0 Å². The number of esters is 1. The summed E-state index contributed by atoms with van der Waals surface area (Å²) >= 11 is 12.9. The van der Waals surface area contributed by atoms with E-state index >= 15 is 0 Å². The van der Waals surface area contributed by atoms with Crippen LogP contribution in [0, 0.1) is 40.3 Å². The Balaban J connectivity index is 1.51. The van der Waals surface area contributed by atoms with Crippen LogP contribution in [0.4, 0.5) is 4.39 Å². The molecule has 0 N–H and O–H groups in total. The molecule has 0 aromatic heterocycles. The molecule has 0 heterocycles. The summed E-state index contributed by atoms with van der Waals surface area (Å²) in [6, 6.07) is 14.7. The van der Waals surface area contributed by atoms with Crippen LogP contribution in [0.1, 0.15) is 25.5 Å². The van der Waals surface area contributed by atoms with Crippen LogP contribution in [0.25, 0.3) is 0 Å². The molecule has 4 rings (SSSR count). The summed E-state index contributed by atoms with van der Waals surface area (Å²) in [6.45, 7) is 3.90. The maximum Gasteiger partial charge on any atom is 0.311 e. The third kappa shape index (κ3) is 4.64. The van der Waals surface area contributed by atoms with Gasteiger partial charge in [-0.3, -0.25) is 4.79 Å². The van der Waals surface area contributed by atoms with E-state index in [1.807, 2.05) is 38.1 Å². The fourth-order valence-electron chi connectivity index (χ4n) is 4.50. The highest BCUT2D eigenvalue weighted by Gasteiger charge is 2.67. The van der Waals surface area contributed by atoms with Gasteiger partial charge in [-0.1, -0.05) is 79.5 Å². The smallest absolute Gasteiger partial charge is 0.311 e. The Hall–Kier alpha value is -2.81. The second kappa shape index (κ2) is 8.85. The molecule has 0 radical (unpaired) electrons. The number of ether oxygens (including phenoxy) is 2. The van der Waals surface area contributed by atoms with E-state index in [-0.39, 0.29) is 17.6 Å². The van der Waals surface area contributed by atoms with Gasteiger partial charge in [-0.15, -0.1) is 0 Å². The third-order valence-electron chi connectivity index (χ3n) is 6.32. The number of hydrogen-bond acceptors (Lipinski definition) is 4. The van der Waals surface area contributed by atoms with Crippen molar-refractivity contribution in [1.29, 1.82) is 5.26 Å². The molecule has 4 atom stereocenters. The normalized spacial score (nSPS) is 25.0. The number of carbonyl (C=O) groups is 1. The summed E-state index contributed by atoms with van der Waals surface area (Å²) in [4.78, 5) is 13.1. The topological polar surface area (TPSA) is 59.3 Å². The number of carbonyl (C=O) groups excluding carboxylic acids is 1. The van der Waals surface area contributed by atoms with Crippen molar-refractivity contribution in [1.82, 2.24) is 0 Å². The van der Waals surface area contributed by atoms with E-state index in [1.54, 1.807) is 36.4 Å². The molecule has 2 aromatic rings. The van der Waals surface area contributed by atoms with E-state index in [0.717, 1.165) is 0 Å². The third-order valence-corrected chi connectivity index (χ3v) is 7.08. The summed E-state index contributed by atoms with van der Waals surface area (Å²) < 4.78 is 24.3. The fraction of sp³-hybridized carbons (Fsp3) is 0.308. The first-order chi connectivity index (χ1) is 15.6. The van der Waals surface area contributed by atoms with E-state index in [0.29, 0.717) is 11.3 Å². The highest BCUT2D eigenvalue weighted by molar-refractivity contribution is 6.50. The van der Waals surface area contributed by atoms with E-state index < -0.39 is 33.6 Å². The average Bonchev–Trinajstić information content (AvgIpc) is 3.35. The lowest BCUT2D eigenvalue weighted by Crippen LogP contribution is -2.27. The van der Waals surface area contributed by atoms with Crippen LogP contribution >= 0.6 is 23.2 Å². The zero-order chi connectivity index (χ0) is 23.8. The molecule has 0 amide bonds. The summed E-state index contributed by atoms with van der Waals surface area (Å²) in [5.74, 6) is -1.62. The molecule has 4 unspecified atom stereocenters. The number of benzene rings is 2. The summed E-state index contributed by atoms with van der Waals surface area (Å²) in [5, 5.41) is 9.68. The molecule has 1 fully saturated rings. The van der Waals surface area contributed by atoms with Gasteiger partial charge in [0.15, 0.2) is 11.6 Å². The molecule has 0 bridgehead atoms. The van der Waals surface area contributed by atoms with Gasteiger partial charge in [0, 0.05) is 11.5 Å². The molecule has 33 heavy (non-hydrogen) atoms. The Morgan fingerprint density at radius 3 is 2.55 bits per heavy atom. The van der Waals surface area contributed by atoms with Gasteiger partial charge in [-0.25, -0.2) is 4.39 Å². The monoisotopic (exact) mass is 485 g/mol. The van der Waals surface area contributed by atoms with Crippen molar-refractivity contribution in [3.63, 3.8) is 0 Å². The zero-order valence-corrected chi connectivity index (χ0v) is 19.6. The van der Waals surface area contributed by atoms with Gasteiger partial charge in [0.25, 0.3) is 0 Å². The van der Waals surface area contributed by atoms with Crippen molar-refractivity contribution >= 4 is 29.2 Å². The standard InChI is InChI=1S/C26H22Cl2FNO3/c1-25(2)22(18-10-6-7-13-26(18,27)28)23(25)24(31)33-21(15-30)16-11-12-19(29)20(14-16)32-17-8-4-3-5-9-17/h3-14,18,21-23H,1-2H3. The molecule has 170 valence electrons. The predicted octanol–water partition coefficient (Wildman–Crippen LogP) is 6.91. The Morgan fingerprint density at radius 2 is 1.88 bits per heavy atom. The number of nitriles is 1. The molecule has 2 aliphatic carbocycles. The van der Waals surface area contributed by atoms with Gasteiger partial charge in [0.05, 0.1) is 5.92 Å². The van der Waals surface area contributed by atoms with Crippen LogP contribution in [0.3, 0.4) is 0 Å². The number of alkyl halides is 2. The van der Waals surface area contributed by atoms with Crippen LogP contribution in [-0.4, -0.2) is 10.3 Å².